The van der Waals surface area contributed by atoms with E-state index in [1.165, 1.54) is 10.5 Å². The topological polar surface area (TPSA) is 81.5 Å². The van der Waals surface area contributed by atoms with E-state index in [4.69, 9.17) is 5.41 Å². The maximum absolute atomic E-state index is 11.4. The Morgan fingerprint density at radius 1 is 1.11 bits per heavy atom. The van der Waals surface area contributed by atoms with Gasteiger partial charge in [0.2, 0.25) is 6.41 Å². The summed E-state index contributed by atoms with van der Waals surface area (Å²) >= 11 is 0. The van der Waals surface area contributed by atoms with Gasteiger partial charge in [-0.25, -0.2) is 0 Å². The molecule has 28 heavy (non-hydrogen) atoms. The van der Waals surface area contributed by atoms with E-state index in [1.807, 2.05) is 31.2 Å². The van der Waals surface area contributed by atoms with Crippen LogP contribution in [0.1, 0.15) is 43.7 Å². The van der Waals surface area contributed by atoms with Crippen LogP contribution in [0.5, 0.6) is 0 Å². The van der Waals surface area contributed by atoms with E-state index in [0.717, 1.165) is 42.4 Å². The molecule has 2 aromatic carbocycles. The highest BCUT2D eigenvalue weighted by molar-refractivity contribution is 5.88. The standard InChI is InChI=1S/C23H26N2O3/c1-2-25(16-26)21(24)5-3-4-17-6-8-18(9-7-17)19-10-12-20(13-11-19)23(14-15-23)22(27)28/h6-13,16,24H,2-5,14-15H2,1H3,(H,27,28). The minimum atomic E-state index is -0.729. The molecule has 1 amide bonds. The normalized spacial score (nSPS) is 14.3. The van der Waals surface area contributed by atoms with Crippen molar-refractivity contribution in [2.24, 2.45) is 0 Å². The van der Waals surface area contributed by atoms with E-state index in [9.17, 15) is 14.7 Å². The smallest absolute Gasteiger partial charge is 0.314 e. The molecule has 5 heteroatoms. The zero-order chi connectivity index (χ0) is 20.1. The first-order chi connectivity index (χ1) is 13.5. The van der Waals surface area contributed by atoms with Crippen molar-refractivity contribution < 1.29 is 14.7 Å². The summed E-state index contributed by atoms with van der Waals surface area (Å²) in [5.41, 5.74) is 3.60. The third-order valence-corrected chi connectivity index (χ3v) is 5.58. The van der Waals surface area contributed by atoms with Crippen molar-refractivity contribution in [2.45, 2.75) is 44.4 Å². The molecule has 0 atom stereocenters. The second-order valence-corrected chi connectivity index (χ2v) is 7.35. The van der Waals surface area contributed by atoms with Gasteiger partial charge in [0.25, 0.3) is 0 Å². The van der Waals surface area contributed by atoms with E-state index in [-0.39, 0.29) is 0 Å². The van der Waals surface area contributed by atoms with Crippen LogP contribution in [-0.2, 0) is 21.4 Å². The maximum atomic E-state index is 11.4. The van der Waals surface area contributed by atoms with E-state index in [2.05, 4.69) is 24.3 Å². The van der Waals surface area contributed by atoms with Gasteiger partial charge in [0.15, 0.2) is 0 Å². The summed E-state index contributed by atoms with van der Waals surface area (Å²) < 4.78 is 0. The number of benzene rings is 2. The molecule has 2 N–H and O–H groups in total. The molecule has 2 aromatic rings. The molecule has 0 heterocycles. The highest BCUT2D eigenvalue weighted by Crippen LogP contribution is 2.48. The Morgan fingerprint density at radius 2 is 1.68 bits per heavy atom. The lowest BCUT2D eigenvalue weighted by Gasteiger charge is -2.15. The molecule has 0 radical (unpaired) electrons. The first-order valence-corrected chi connectivity index (χ1v) is 9.73. The highest BCUT2D eigenvalue weighted by atomic mass is 16.4. The van der Waals surface area contributed by atoms with Gasteiger partial charge in [-0.2, -0.15) is 0 Å². The molecular formula is C23H26N2O3. The number of carboxylic acids is 1. The van der Waals surface area contributed by atoms with Gasteiger partial charge in [0.05, 0.1) is 5.41 Å². The minimum absolute atomic E-state index is 0.365. The Kier molecular flexibility index (Phi) is 5.93. The molecule has 0 aliphatic heterocycles. The fourth-order valence-corrected chi connectivity index (χ4v) is 3.53. The van der Waals surface area contributed by atoms with E-state index >= 15 is 0 Å². The zero-order valence-electron chi connectivity index (χ0n) is 16.1. The van der Waals surface area contributed by atoms with Crippen molar-refractivity contribution in [3.8, 4) is 11.1 Å². The number of nitrogens with zero attached hydrogens (tertiary/aromatic N) is 1. The van der Waals surface area contributed by atoms with Crippen molar-refractivity contribution in [1.29, 1.82) is 5.41 Å². The van der Waals surface area contributed by atoms with Gasteiger partial charge >= 0.3 is 5.97 Å². The van der Waals surface area contributed by atoms with Gasteiger partial charge in [-0.05, 0) is 54.9 Å². The number of nitrogens with one attached hydrogen (secondary N) is 1. The molecule has 1 saturated carbocycles. The summed E-state index contributed by atoms with van der Waals surface area (Å²) in [5.74, 6) is -0.364. The maximum Gasteiger partial charge on any atom is 0.314 e. The lowest BCUT2D eigenvalue weighted by atomic mass is 9.93. The zero-order valence-corrected chi connectivity index (χ0v) is 16.1. The summed E-state index contributed by atoms with van der Waals surface area (Å²) in [5, 5.41) is 17.3. The number of amides is 1. The van der Waals surface area contributed by atoms with Crippen molar-refractivity contribution in [3.63, 3.8) is 0 Å². The first-order valence-electron chi connectivity index (χ1n) is 9.73. The minimum Gasteiger partial charge on any atom is -0.481 e. The number of carbonyl (C=O) groups is 2. The van der Waals surface area contributed by atoms with Gasteiger partial charge in [-0.3, -0.25) is 15.0 Å². The second-order valence-electron chi connectivity index (χ2n) is 7.35. The molecule has 1 fully saturated rings. The summed E-state index contributed by atoms with van der Waals surface area (Å²) in [6, 6.07) is 16.2. The number of carboxylic acid groups (broad SMARTS) is 1. The molecule has 0 spiro atoms. The molecule has 3 rings (SSSR count). The van der Waals surface area contributed by atoms with Gasteiger partial charge in [0, 0.05) is 13.0 Å². The number of hydrogen-bond donors (Lipinski definition) is 2. The molecule has 0 bridgehead atoms. The summed E-state index contributed by atoms with van der Waals surface area (Å²) in [7, 11) is 0. The molecule has 1 aliphatic carbocycles. The Labute approximate surface area is 165 Å². The van der Waals surface area contributed by atoms with Crippen LogP contribution in [0, 0.1) is 5.41 Å². The van der Waals surface area contributed by atoms with Crippen LogP contribution in [0.3, 0.4) is 0 Å². The Morgan fingerprint density at radius 3 is 2.14 bits per heavy atom. The molecule has 0 saturated heterocycles. The predicted octanol–water partition coefficient (Wildman–Crippen LogP) is 4.25. The first kappa shape index (κ1) is 19.8. The lowest BCUT2D eigenvalue weighted by molar-refractivity contribution is -0.140. The average molecular weight is 378 g/mol. The molecule has 0 unspecified atom stereocenters. The van der Waals surface area contributed by atoms with E-state index in [0.29, 0.717) is 25.2 Å². The fourth-order valence-electron chi connectivity index (χ4n) is 3.53. The van der Waals surface area contributed by atoms with Crippen molar-refractivity contribution in [3.05, 3.63) is 59.7 Å². The van der Waals surface area contributed by atoms with E-state index < -0.39 is 11.4 Å². The fraction of sp³-hybridized carbons (Fsp3) is 0.348. The Hall–Kier alpha value is -2.95. The van der Waals surface area contributed by atoms with E-state index in [1.54, 1.807) is 0 Å². The molecule has 0 aromatic heterocycles. The molecule has 1 aliphatic rings. The monoisotopic (exact) mass is 378 g/mol. The Bertz CT molecular complexity index is 852. The lowest BCUT2D eigenvalue weighted by Crippen LogP contribution is -2.28. The number of aliphatic carboxylic acids is 1. The van der Waals surface area contributed by atoms with Crippen LogP contribution >= 0.6 is 0 Å². The van der Waals surface area contributed by atoms with Crippen molar-refractivity contribution in [2.75, 3.05) is 6.54 Å². The summed E-state index contributed by atoms with van der Waals surface area (Å²) in [6.45, 7) is 2.39. The molecule has 146 valence electrons. The third-order valence-electron chi connectivity index (χ3n) is 5.58. The quantitative estimate of drug-likeness (QED) is 0.389. The second kappa shape index (κ2) is 8.38. The van der Waals surface area contributed by atoms with Gasteiger partial charge in [-0.15, -0.1) is 0 Å². The van der Waals surface area contributed by atoms with Crippen molar-refractivity contribution in [1.82, 2.24) is 4.90 Å². The Balaban J connectivity index is 1.58. The van der Waals surface area contributed by atoms with Crippen LogP contribution < -0.4 is 0 Å². The number of rotatable bonds is 9. The van der Waals surface area contributed by atoms with Crippen LogP contribution in [0.4, 0.5) is 0 Å². The highest BCUT2D eigenvalue weighted by Gasteiger charge is 2.51. The number of hydrogen-bond acceptors (Lipinski definition) is 3. The van der Waals surface area contributed by atoms with Gasteiger partial charge in [-0.1, -0.05) is 48.5 Å². The molecule has 5 nitrogen and oxygen atoms in total. The van der Waals surface area contributed by atoms with Crippen LogP contribution in [-0.4, -0.2) is 34.8 Å². The van der Waals surface area contributed by atoms with Crippen molar-refractivity contribution >= 4 is 18.2 Å². The number of amidine groups is 1. The third kappa shape index (κ3) is 4.14. The van der Waals surface area contributed by atoms with Crippen LogP contribution in [0.25, 0.3) is 11.1 Å². The predicted molar refractivity (Wildman–Crippen MR) is 110 cm³/mol. The van der Waals surface area contributed by atoms with Crippen LogP contribution in [0.15, 0.2) is 48.5 Å². The van der Waals surface area contributed by atoms with Crippen LogP contribution in [0.2, 0.25) is 0 Å². The number of carbonyl (C=O) groups excluding carboxylic acids is 1. The molecular weight excluding hydrogens is 352 g/mol. The average Bonchev–Trinajstić information content (AvgIpc) is 3.52. The van der Waals surface area contributed by atoms with Gasteiger partial charge < -0.3 is 10.0 Å². The van der Waals surface area contributed by atoms with Gasteiger partial charge in [0.1, 0.15) is 5.84 Å². The summed E-state index contributed by atoms with van der Waals surface area (Å²) in [4.78, 5) is 23.7. The number of aryl methyl sites for hydroxylation is 1. The largest absolute Gasteiger partial charge is 0.481 e. The summed E-state index contributed by atoms with van der Waals surface area (Å²) in [6.07, 6.45) is 4.42. The SMILES string of the molecule is CCN(C=O)C(=N)CCCc1ccc(-c2ccc(C3(C(=O)O)CC3)cc2)cc1.